The van der Waals surface area contributed by atoms with E-state index in [2.05, 4.69) is 26.1 Å². The van der Waals surface area contributed by atoms with Gasteiger partial charge in [-0.3, -0.25) is 19.2 Å². The van der Waals surface area contributed by atoms with E-state index in [0.717, 1.165) is 70.6 Å². The van der Waals surface area contributed by atoms with Crippen molar-refractivity contribution in [1.29, 1.82) is 0 Å². The highest BCUT2D eigenvalue weighted by atomic mass is 16.5. The molecule has 0 spiro atoms. The number of carbonyl (C=O) groups is 4. The molecule has 0 saturated carbocycles. The van der Waals surface area contributed by atoms with Crippen LogP contribution in [0.3, 0.4) is 0 Å². The summed E-state index contributed by atoms with van der Waals surface area (Å²) in [4.78, 5) is 50.9. The monoisotopic (exact) mass is 704 g/mol. The molecule has 0 radical (unpaired) electrons. The van der Waals surface area contributed by atoms with Gasteiger partial charge in [-0.05, 0) is 38.5 Å². The predicted octanol–water partition coefficient (Wildman–Crippen LogP) is 10.6. The van der Waals surface area contributed by atoms with E-state index in [9.17, 15) is 19.2 Å². The summed E-state index contributed by atoms with van der Waals surface area (Å²) in [7, 11) is 0. The fourth-order valence-electron chi connectivity index (χ4n) is 6.11. The summed E-state index contributed by atoms with van der Waals surface area (Å²) in [5.41, 5.74) is 0.659. The molecular formula is C42H73NO7. The van der Waals surface area contributed by atoms with E-state index in [4.69, 9.17) is 14.2 Å². The topological polar surface area (TPSA) is 108 Å². The number of unbranched alkanes of at least 4 members (excludes halogenated alkanes) is 19. The van der Waals surface area contributed by atoms with Gasteiger partial charge in [0.05, 0.1) is 25.5 Å². The van der Waals surface area contributed by atoms with Gasteiger partial charge in [0.25, 0.3) is 0 Å². The summed E-state index contributed by atoms with van der Waals surface area (Å²) in [5.74, 6) is -0.955. The molecule has 0 heterocycles. The lowest BCUT2D eigenvalue weighted by molar-refractivity contribution is -0.144. The normalized spacial score (nSPS) is 13.1. The van der Waals surface area contributed by atoms with Crippen molar-refractivity contribution in [3.05, 3.63) is 23.1 Å². The number of Topliss-reactive ketones (excluding diaryl/α,β-unsaturated/α-hetero) is 1. The quantitative estimate of drug-likeness (QED) is 0.0395. The number of ketones is 2. The van der Waals surface area contributed by atoms with Crippen LogP contribution in [0.25, 0.3) is 0 Å². The van der Waals surface area contributed by atoms with Crippen molar-refractivity contribution in [1.82, 2.24) is 5.32 Å². The number of esters is 2. The van der Waals surface area contributed by atoms with Crippen LogP contribution in [0.5, 0.6) is 0 Å². The van der Waals surface area contributed by atoms with Crippen LogP contribution in [-0.4, -0.2) is 49.9 Å². The molecule has 0 fully saturated rings. The summed E-state index contributed by atoms with van der Waals surface area (Å²) in [6.07, 6.45) is 29.0. The zero-order chi connectivity index (χ0) is 36.5. The van der Waals surface area contributed by atoms with Crippen molar-refractivity contribution in [2.45, 2.75) is 194 Å². The van der Waals surface area contributed by atoms with Crippen molar-refractivity contribution in [3.63, 3.8) is 0 Å². The number of ether oxygens (including phenoxy) is 3. The summed E-state index contributed by atoms with van der Waals surface area (Å²) in [5, 5.41) is 3.09. The molecule has 0 unspecified atom stereocenters. The van der Waals surface area contributed by atoms with Gasteiger partial charge in [-0.25, -0.2) is 0 Å². The average Bonchev–Trinajstić information content (AvgIpc) is 3.10. The highest BCUT2D eigenvalue weighted by Crippen LogP contribution is 2.25. The first-order valence-corrected chi connectivity index (χ1v) is 20.7. The lowest BCUT2D eigenvalue weighted by atomic mass is 9.93. The SMILES string of the molecule is CCCCCCCCCCCCCCCCC1=C(OCCCC(=O)OCCCCCC)C(=O)C=C(NCCCC(=O)OCCCCCC)C1=O. The second-order valence-corrected chi connectivity index (χ2v) is 13.9. The molecule has 288 valence electrons. The largest absolute Gasteiger partial charge is 0.489 e. The maximum atomic E-state index is 13.5. The fourth-order valence-corrected chi connectivity index (χ4v) is 6.11. The summed E-state index contributed by atoms with van der Waals surface area (Å²) in [6.45, 7) is 7.97. The maximum Gasteiger partial charge on any atom is 0.305 e. The number of hydrogen-bond acceptors (Lipinski definition) is 8. The van der Waals surface area contributed by atoms with E-state index in [1.807, 2.05) is 0 Å². The van der Waals surface area contributed by atoms with Crippen LogP contribution in [0.4, 0.5) is 0 Å². The number of nitrogens with one attached hydrogen (secondary N) is 1. The van der Waals surface area contributed by atoms with Crippen LogP contribution in [-0.2, 0) is 33.4 Å². The Morgan fingerprint density at radius 2 is 0.980 bits per heavy atom. The molecule has 0 aliphatic heterocycles. The first-order chi connectivity index (χ1) is 24.4. The Labute approximate surface area is 305 Å². The summed E-state index contributed by atoms with van der Waals surface area (Å²) in [6, 6.07) is 0. The molecule has 50 heavy (non-hydrogen) atoms. The molecule has 0 aromatic carbocycles. The average molecular weight is 704 g/mol. The first kappa shape index (κ1) is 45.4. The molecule has 0 bridgehead atoms. The predicted molar refractivity (Wildman–Crippen MR) is 203 cm³/mol. The van der Waals surface area contributed by atoms with Gasteiger partial charge in [0, 0.05) is 31.0 Å². The summed E-state index contributed by atoms with van der Waals surface area (Å²) < 4.78 is 16.5. The van der Waals surface area contributed by atoms with E-state index in [0.29, 0.717) is 44.6 Å². The molecule has 8 heteroatoms. The first-order valence-electron chi connectivity index (χ1n) is 20.7. The van der Waals surface area contributed by atoms with Gasteiger partial charge < -0.3 is 19.5 Å². The number of hydrogen-bond donors (Lipinski definition) is 1. The Bertz CT molecular complexity index is 987. The van der Waals surface area contributed by atoms with Gasteiger partial charge in [-0.15, -0.1) is 0 Å². The van der Waals surface area contributed by atoms with Crippen LogP contribution < -0.4 is 5.32 Å². The van der Waals surface area contributed by atoms with Gasteiger partial charge in [0.1, 0.15) is 0 Å². The number of carbonyl (C=O) groups excluding carboxylic acids is 4. The molecular weight excluding hydrogens is 630 g/mol. The van der Waals surface area contributed by atoms with E-state index in [1.165, 1.54) is 76.7 Å². The molecule has 0 amide bonds. The zero-order valence-electron chi connectivity index (χ0n) is 32.4. The van der Waals surface area contributed by atoms with Gasteiger partial charge in [0.2, 0.25) is 11.6 Å². The molecule has 1 aliphatic carbocycles. The maximum absolute atomic E-state index is 13.5. The number of allylic oxidation sites excluding steroid dienone is 2. The van der Waals surface area contributed by atoms with Crippen LogP contribution >= 0.6 is 0 Å². The molecule has 1 rings (SSSR count). The number of rotatable bonds is 35. The van der Waals surface area contributed by atoms with E-state index >= 15 is 0 Å². The Kier molecular flexibility index (Phi) is 29.3. The molecule has 0 atom stereocenters. The Hall–Kier alpha value is -2.64. The van der Waals surface area contributed by atoms with Crippen LogP contribution in [0, 0.1) is 0 Å². The third-order valence-corrected chi connectivity index (χ3v) is 9.24. The minimum Gasteiger partial charge on any atom is -0.489 e. The minimum atomic E-state index is -0.336. The van der Waals surface area contributed by atoms with Crippen LogP contribution in [0.2, 0.25) is 0 Å². The van der Waals surface area contributed by atoms with Gasteiger partial charge in [0.15, 0.2) is 5.76 Å². The Morgan fingerprint density at radius 1 is 0.540 bits per heavy atom. The van der Waals surface area contributed by atoms with Crippen LogP contribution in [0.1, 0.15) is 194 Å². The van der Waals surface area contributed by atoms with Crippen molar-refractivity contribution >= 4 is 23.5 Å². The molecule has 0 aromatic heterocycles. The van der Waals surface area contributed by atoms with Gasteiger partial charge in [-0.1, -0.05) is 143 Å². The minimum absolute atomic E-state index is 0.106. The Morgan fingerprint density at radius 3 is 1.48 bits per heavy atom. The second kappa shape index (κ2) is 32.3. The highest BCUT2D eigenvalue weighted by Gasteiger charge is 2.29. The molecule has 0 saturated heterocycles. The third-order valence-electron chi connectivity index (χ3n) is 9.24. The van der Waals surface area contributed by atoms with Gasteiger partial charge >= 0.3 is 11.9 Å². The molecule has 8 nitrogen and oxygen atoms in total. The van der Waals surface area contributed by atoms with E-state index in [1.54, 1.807) is 0 Å². The zero-order valence-corrected chi connectivity index (χ0v) is 32.4. The standard InChI is InChI=1S/C42H73NO7/c1-4-7-10-13-14-15-16-17-18-19-20-21-22-23-28-36-41(47)37(43-31-26-29-39(45)48-32-24-11-8-5-2)35-38(44)42(36)50-34-27-30-40(46)49-33-25-12-9-6-3/h35,43H,4-34H2,1-3H3. The lowest BCUT2D eigenvalue weighted by Crippen LogP contribution is -2.30. The fraction of sp³-hybridized carbons (Fsp3) is 0.810. The molecule has 1 aliphatic rings. The smallest absolute Gasteiger partial charge is 0.305 e. The van der Waals surface area contributed by atoms with Crippen molar-refractivity contribution in [3.8, 4) is 0 Å². The third kappa shape index (κ3) is 23.7. The molecule has 1 N–H and O–H groups in total. The lowest BCUT2D eigenvalue weighted by Gasteiger charge is -2.20. The highest BCUT2D eigenvalue weighted by molar-refractivity contribution is 6.21. The van der Waals surface area contributed by atoms with Crippen molar-refractivity contribution in [2.24, 2.45) is 0 Å². The van der Waals surface area contributed by atoms with E-state index < -0.39 is 0 Å². The Balaban J connectivity index is 2.53. The van der Waals surface area contributed by atoms with Crippen molar-refractivity contribution < 1.29 is 33.4 Å². The summed E-state index contributed by atoms with van der Waals surface area (Å²) >= 11 is 0. The molecule has 0 aromatic rings. The van der Waals surface area contributed by atoms with Crippen LogP contribution in [0.15, 0.2) is 23.1 Å². The van der Waals surface area contributed by atoms with Crippen molar-refractivity contribution in [2.75, 3.05) is 26.4 Å². The van der Waals surface area contributed by atoms with Gasteiger partial charge in [-0.2, -0.15) is 0 Å². The second-order valence-electron chi connectivity index (χ2n) is 13.9. The van der Waals surface area contributed by atoms with E-state index in [-0.39, 0.29) is 54.4 Å².